The second-order valence-corrected chi connectivity index (χ2v) is 6.28. The lowest BCUT2D eigenvalue weighted by molar-refractivity contribution is -0.126. The number of benzene rings is 2. The van der Waals surface area contributed by atoms with Gasteiger partial charge in [0.2, 0.25) is 6.04 Å². The lowest BCUT2D eigenvalue weighted by Crippen LogP contribution is -2.31. The van der Waals surface area contributed by atoms with E-state index in [0.29, 0.717) is 34.3 Å². The third kappa shape index (κ3) is 4.26. The average Bonchev–Trinajstić information content (AvgIpc) is 3.00. The molecule has 3 aromatic rings. The van der Waals surface area contributed by atoms with E-state index >= 15 is 0 Å². The zero-order valence-corrected chi connectivity index (χ0v) is 15.1. The number of aromatic nitrogens is 2. The molecule has 1 aromatic heterocycles. The van der Waals surface area contributed by atoms with Crippen molar-refractivity contribution >= 4 is 40.4 Å². The number of amides is 1. The van der Waals surface area contributed by atoms with Gasteiger partial charge in [-0.3, -0.25) is 14.4 Å². The highest BCUT2D eigenvalue weighted by molar-refractivity contribution is 6.10. The van der Waals surface area contributed by atoms with Crippen molar-refractivity contribution in [3.05, 3.63) is 58.0 Å². The van der Waals surface area contributed by atoms with Crippen molar-refractivity contribution in [1.82, 2.24) is 9.97 Å². The Morgan fingerprint density at radius 3 is 2.57 bits per heavy atom. The number of hydrogen-bond acceptors (Lipinski definition) is 6. The minimum atomic E-state index is -1.35. The summed E-state index contributed by atoms with van der Waals surface area (Å²) >= 11 is 0. The number of ketones is 1. The molecule has 0 aliphatic carbocycles. The lowest BCUT2D eigenvalue weighted by atomic mass is 10.1. The fourth-order valence-electron chi connectivity index (χ4n) is 2.68. The van der Waals surface area contributed by atoms with Crippen LogP contribution in [0.3, 0.4) is 0 Å². The van der Waals surface area contributed by atoms with Crippen molar-refractivity contribution in [2.45, 2.75) is 19.9 Å². The van der Waals surface area contributed by atoms with E-state index in [2.05, 4.69) is 25.5 Å². The molecular formula is C19H17N5O4. The number of aromatic amines is 2. The number of rotatable bonds is 6. The normalized spacial score (nSPS) is 12.2. The van der Waals surface area contributed by atoms with E-state index in [1.165, 1.54) is 13.0 Å². The van der Waals surface area contributed by atoms with Crippen molar-refractivity contribution in [2.24, 2.45) is 10.2 Å². The molecule has 0 fully saturated rings. The molecule has 1 amide bonds. The maximum atomic E-state index is 12.5. The molecule has 1 unspecified atom stereocenters. The first-order valence-electron chi connectivity index (χ1n) is 8.37. The summed E-state index contributed by atoms with van der Waals surface area (Å²) in [5.41, 5.74) is 2.74. The number of anilines is 1. The maximum absolute atomic E-state index is 12.5. The van der Waals surface area contributed by atoms with Gasteiger partial charge in [-0.1, -0.05) is 0 Å². The van der Waals surface area contributed by atoms with Crippen LogP contribution in [0.4, 0.5) is 11.4 Å². The van der Waals surface area contributed by atoms with Crippen LogP contribution in [0.25, 0.3) is 11.0 Å². The topological polar surface area (TPSA) is 137 Å². The zero-order chi connectivity index (χ0) is 20.3. The second-order valence-electron chi connectivity index (χ2n) is 6.28. The fourth-order valence-corrected chi connectivity index (χ4v) is 2.68. The minimum Gasteiger partial charge on any atom is -0.324 e. The number of aldehydes is 1. The molecule has 0 spiro atoms. The predicted molar refractivity (Wildman–Crippen MR) is 103 cm³/mol. The van der Waals surface area contributed by atoms with Gasteiger partial charge >= 0.3 is 5.69 Å². The van der Waals surface area contributed by atoms with Crippen LogP contribution >= 0.6 is 0 Å². The number of fused-ring (bicyclic) bond motifs is 1. The third-order valence-corrected chi connectivity index (χ3v) is 3.93. The largest absolute Gasteiger partial charge is 0.324 e. The number of imidazole rings is 1. The van der Waals surface area contributed by atoms with E-state index in [1.54, 1.807) is 37.3 Å². The summed E-state index contributed by atoms with van der Waals surface area (Å²) < 4.78 is 0. The third-order valence-electron chi connectivity index (χ3n) is 3.93. The van der Waals surface area contributed by atoms with E-state index in [1.807, 2.05) is 0 Å². The zero-order valence-electron chi connectivity index (χ0n) is 15.1. The molecule has 28 heavy (non-hydrogen) atoms. The van der Waals surface area contributed by atoms with Crippen LogP contribution < -0.4 is 11.0 Å². The molecule has 0 radical (unpaired) electrons. The Bertz CT molecular complexity index is 1160. The lowest BCUT2D eigenvalue weighted by Gasteiger charge is -2.09. The molecule has 142 valence electrons. The molecule has 0 aliphatic rings. The van der Waals surface area contributed by atoms with E-state index in [4.69, 9.17) is 0 Å². The molecule has 3 N–H and O–H groups in total. The molecule has 0 aliphatic heterocycles. The summed E-state index contributed by atoms with van der Waals surface area (Å²) in [5, 5.41) is 10.4. The van der Waals surface area contributed by atoms with Crippen molar-refractivity contribution in [1.29, 1.82) is 0 Å². The van der Waals surface area contributed by atoms with Crippen LogP contribution in [-0.4, -0.2) is 34.0 Å². The van der Waals surface area contributed by atoms with Crippen molar-refractivity contribution in [2.75, 3.05) is 5.32 Å². The first-order chi connectivity index (χ1) is 13.4. The van der Waals surface area contributed by atoms with Gasteiger partial charge in [-0.2, -0.15) is 10.2 Å². The van der Waals surface area contributed by atoms with Gasteiger partial charge in [0.15, 0.2) is 5.78 Å². The van der Waals surface area contributed by atoms with Gasteiger partial charge in [0.05, 0.1) is 16.7 Å². The van der Waals surface area contributed by atoms with Crippen molar-refractivity contribution in [3.63, 3.8) is 0 Å². The Morgan fingerprint density at radius 2 is 1.86 bits per heavy atom. The first-order valence-corrected chi connectivity index (χ1v) is 8.37. The Morgan fingerprint density at radius 1 is 1.11 bits per heavy atom. The first kappa shape index (κ1) is 18.9. The summed E-state index contributed by atoms with van der Waals surface area (Å²) in [6.07, 6.45) is 0.683. The minimum absolute atomic E-state index is 0.360. The van der Waals surface area contributed by atoms with E-state index < -0.39 is 17.7 Å². The van der Waals surface area contributed by atoms with E-state index in [0.717, 1.165) is 5.56 Å². The summed E-state index contributed by atoms with van der Waals surface area (Å²) in [6, 6.07) is 8.31. The van der Waals surface area contributed by atoms with Crippen LogP contribution in [0.5, 0.6) is 0 Å². The number of azo groups is 1. The molecule has 0 saturated heterocycles. The monoisotopic (exact) mass is 379 g/mol. The van der Waals surface area contributed by atoms with Crippen molar-refractivity contribution in [3.8, 4) is 0 Å². The van der Waals surface area contributed by atoms with Gasteiger partial charge in [0.1, 0.15) is 6.29 Å². The molecule has 0 saturated carbocycles. The Kier molecular flexibility index (Phi) is 5.25. The molecule has 1 heterocycles. The van der Waals surface area contributed by atoms with Crippen LogP contribution in [0, 0.1) is 6.92 Å². The number of carbonyl (C=O) groups is 3. The van der Waals surface area contributed by atoms with Crippen LogP contribution in [0.2, 0.25) is 0 Å². The molecular weight excluding hydrogens is 362 g/mol. The Balaban J connectivity index is 1.81. The number of nitrogens with zero attached hydrogens (tertiary/aromatic N) is 2. The van der Waals surface area contributed by atoms with Crippen LogP contribution in [0.15, 0.2) is 51.4 Å². The Hall–Kier alpha value is -3.88. The number of H-pyrrole nitrogens is 2. The van der Waals surface area contributed by atoms with E-state index in [9.17, 15) is 19.2 Å². The average molecular weight is 379 g/mol. The number of Topliss-reactive ketones (excluding diaryl/α,β-unsaturated/α-hetero) is 1. The number of carbonyl (C=O) groups excluding carboxylic acids is 3. The highest BCUT2D eigenvalue weighted by Crippen LogP contribution is 2.19. The van der Waals surface area contributed by atoms with Crippen LogP contribution in [-0.2, 0) is 9.59 Å². The predicted octanol–water partition coefficient (Wildman–Crippen LogP) is 2.66. The smallest absolute Gasteiger partial charge is 0.323 e. The highest BCUT2D eigenvalue weighted by atomic mass is 16.2. The van der Waals surface area contributed by atoms with Gasteiger partial charge < -0.3 is 15.3 Å². The van der Waals surface area contributed by atoms with Gasteiger partial charge in [-0.15, -0.1) is 0 Å². The standard InChI is InChI=1S/C19H17N5O4/c1-10-5-12(9-25)7-14(6-10)23-24-17(11(2)26)18(27)20-13-3-4-15-16(8-13)22-19(28)21-15/h3-9,17H,1-2H3,(H,20,27)(H2,21,22,28). The number of aryl methyl sites for hydroxylation is 1. The number of nitrogens with one attached hydrogen (secondary N) is 3. The molecule has 9 heteroatoms. The number of hydrogen-bond donors (Lipinski definition) is 3. The van der Waals surface area contributed by atoms with Crippen LogP contribution in [0.1, 0.15) is 22.8 Å². The van der Waals surface area contributed by atoms with Gasteiger partial charge in [0, 0.05) is 11.3 Å². The molecule has 2 aromatic carbocycles. The summed E-state index contributed by atoms with van der Waals surface area (Å²) in [5.74, 6) is -1.14. The van der Waals surface area contributed by atoms with Crippen molar-refractivity contribution < 1.29 is 14.4 Å². The van der Waals surface area contributed by atoms with Gasteiger partial charge in [-0.25, -0.2) is 4.79 Å². The maximum Gasteiger partial charge on any atom is 0.323 e. The Labute approximate surface area is 158 Å². The SMILES string of the molecule is CC(=O)C(N=Nc1cc(C)cc(C=O)c1)C(=O)Nc1ccc2[nH]c(=O)[nH]c2c1. The highest BCUT2D eigenvalue weighted by Gasteiger charge is 2.23. The fraction of sp³-hybridized carbons (Fsp3) is 0.158. The summed E-state index contributed by atoms with van der Waals surface area (Å²) in [7, 11) is 0. The molecule has 3 rings (SSSR count). The van der Waals surface area contributed by atoms with E-state index in [-0.39, 0.29) is 5.69 Å². The molecule has 9 nitrogen and oxygen atoms in total. The molecule has 1 atom stereocenters. The molecule has 0 bridgehead atoms. The summed E-state index contributed by atoms with van der Waals surface area (Å²) in [6.45, 7) is 3.03. The van der Waals surface area contributed by atoms with Gasteiger partial charge in [0.25, 0.3) is 5.91 Å². The second kappa shape index (κ2) is 7.78. The van der Waals surface area contributed by atoms with Gasteiger partial charge in [-0.05, 0) is 55.8 Å². The quantitative estimate of drug-likeness (QED) is 0.344. The summed E-state index contributed by atoms with van der Waals surface area (Å²) in [4.78, 5) is 51.8.